The second kappa shape index (κ2) is 15.4. The van der Waals surface area contributed by atoms with Gasteiger partial charge in [0.25, 0.3) is 5.78 Å². The van der Waals surface area contributed by atoms with E-state index in [9.17, 15) is 40.3 Å². The minimum absolute atomic E-state index is 0. The summed E-state index contributed by atoms with van der Waals surface area (Å²) in [6, 6.07) is 0. The van der Waals surface area contributed by atoms with Crippen LogP contribution >= 0.6 is 16.9 Å². The number of halogens is 6. The third-order valence-electron chi connectivity index (χ3n) is 3.79. The summed E-state index contributed by atoms with van der Waals surface area (Å²) >= 11 is 0. The summed E-state index contributed by atoms with van der Waals surface area (Å²) < 4.78 is 88.3. The molecule has 1 N–H and O–H groups in total. The summed E-state index contributed by atoms with van der Waals surface area (Å²) in [6.45, 7) is 0. The molecule has 2 aliphatic rings. The summed E-state index contributed by atoms with van der Waals surface area (Å²) in [5.41, 5.74) is 1.03. The van der Waals surface area contributed by atoms with Crippen molar-refractivity contribution in [3.63, 3.8) is 0 Å². The van der Waals surface area contributed by atoms with Crippen molar-refractivity contribution in [3.05, 3.63) is 11.8 Å². The maximum absolute atomic E-state index is 11.4. The molecule has 2 aliphatic carbocycles. The molecule has 2 rings (SSSR count). The predicted octanol–water partition coefficient (Wildman–Crippen LogP) is 6.56. The number of carbonyl (C=O) groups is 1. The average molecular weight is 592 g/mol. The molecular weight excluding hydrogens is 572 g/mol. The first-order valence-electron chi connectivity index (χ1n) is 8.15. The van der Waals surface area contributed by atoms with Crippen molar-refractivity contribution in [2.75, 3.05) is 0 Å². The van der Waals surface area contributed by atoms with E-state index in [0.29, 0.717) is 28.2 Å². The number of alkyl halides is 6. The van der Waals surface area contributed by atoms with E-state index in [1.54, 1.807) is 0 Å². The summed E-state index contributed by atoms with van der Waals surface area (Å²) in [6.07, 6.45) is -1.77. The van der Waals surface area contributed by atoms with E-state index in [0.717, 1.165) is 0 Å². The average Bonchev–Trinajstić information content (AvgIpc) is 3.27. The van der Waals surface area contributed by atoms with Gasteiger partial charge in [0.1, 0.15) is 0 Å². The van der Waals surface area contributed by atoms with Crippen molar-refractivity contribution >= 4 is 22.7 Å². The van der Waals surface area contributed by atoms with Gasteiger partial charge in [-0.3, -0.25) is 13.9 Å². The number of ketones is 1. The molecule has 0 unspecified atom stereocenters. The van der Waals surface area contributed by atoms with E-state index in [1.807, 2.05) is 0 Å². The molecule has 0 spiro atoms. The molecule has 2 saturated carbocycles. The first kappa shape index (κ1) is 30.8. The Hall–Kier alpha value is 0.574. The van der Waals surface area contributed by atoms with Crippen LogP contribution in [0.25, 0.3) is 0 Å². The second-order valence-corrected chi connectivity index (χ2v) is 7.86. The van der Waals surface area contributed by atoms with E-state index in [1.165, 1.54) is 51.4 Å². The maximum atomic E-state index is 11.4. The minimum Gasteiger partial charge on any atom is -0.504 e. The van der Waals surface area contributed by atoms with E-state index in [-0.39, 0.29) is 49.4 Å². The Labute approximate surface area is 202 Å². The fourth-order valence-corrected chi connectivity index (χ4v) is 3.46. The van der Waals surface area contributed by atoms with Gasteiger partial charge in [0.2, 0.25) is 5.76 Å². The number of hydrogen-bond acceptors (Lipinski definition) is 4. The fourth-order valence-electron chi connectivity index (χ4n) is 2.31. The Kier molecular flexibility index (Phi) is 16.9. The summed E-state index contributed by atoms with van der Waals surface area (Å²) in [5, 5.41) is 7.93. The van der Waals surface area contributed by atoms with Gasteiger partial charge in [-0.25, -0.2) is 0 Å². The first-order valence-corrected chi connectivity index (χ1v) is 9.92. The molecule has 0 aromatic carbocycles. The van der Waals surface area contributed by atoms with E-state index < -0.39 is 30.0 Å². The second-order valence-electron chi connectivity index (χ2n) is 5.98. The van der Waals surface area contributed by atoms with Crippen LogP contribution in [0, 0.1) is 49.4 Å². The Balaban J connectivity index is 0. The van der Waals surface area contributed by atoms with Crippen molar-refractivity contribution in [2.24, 2.45) is 0 Å². The van der Waals surface area contributed by atoms with Gasteiger partial charge in [0.05, 0.1) is 0 Å². The van der Waals surface area contributed by atoms with E-state index >= 15 is 0 Å². The molecule has 28 heavy (non-hydrogen) atoms. The minimum atomic E-state index is -5.42. The SMILES string of the molecule is O=C(/C=C(\O)C(F)(F)F)C(F)(F)F.O=PC1CCCC1.O=PC1CCCC1.[Eu]. The molecule has 0 amide bonds. The summed E-state index contributed by atoms with van der Waals surface area (Å²) in [7, 11) is 0.744. The van der Waals surface area contributed by atoms with Crippen molar-refractivity contribution in [2.45, 2.75) is 75.0 Å². The van der Waals surface area contributed by atoms with Gasteiger partial charge in [0, 0.05) is 66.8 Å². The topological polar surface area (TPSA) is 71.4 Å². The monoisotopic (exact) mass is 593 g/mol. The molecule has 0 aromatic rings. The van der Waals surface area contributed by atoms with E-state index in [4.69, 9.17) is 5.11 Å². The van der Waals surface area contributed by atoms with Crippen molar-refractivity contribution in [1.82, 2.24) is 0 Å². The van der Waals surface area contributed by atoms with Gasteiger partial charge in [-0.05, 0) is 25.7 Å². The van der Waals surface area contributed by atoms with Crippen LogP contribution in [0.15, 0.2) is 11.8 Å². The van der Waals surface area contributed by atoms with Crippen LogP contribution in [0.1, 0.15) is 51.4 Å². The molecule has 0 aromatic heterocycles. The number of hydrogen-bond donors (Lipinski definition) is 1. The molecule has 163 valence electrons. The number of carbonyl (C=O) groups excluding carboxylic acids is 1. The number of rotatable bonds is 3. The zero-order chi connectivity index (χ0) is 21.1. The maximum Gasteiger partial charge on any atom is 0.454 e. The molecule has 0 saturated heterocycles. The Morgan fingerprint density at radius 2 is 1.11 bits per heavy atom. The predicted molar refractivity (Wildman–Crippen MR) is 87.6 cm³/mol. The fraction of sp³-hybridized carbons (Fsp3) is 0.800. The van der Waals surface area contributed by atoms with Gasteiger partial charge < -0.3 is 5.11 Å². The molecule has 13 heteroatoms. The Morgan fingerprint density at radius 1 is 0.786 bits per heavy atom. The zero-order valence-electron chi connectivity index (χ0n) is 14.6. The van der Waals surface area contributed by atoms with Crippen molar-refractivity contribution in [1.29, 1.82) is 0 Å². The first-order chi connectivity index (χ1) is 12.4. The normalized spacial score (nSPS) is 18.7. The quantitative estimate of drug-likeness (QED) is 0.175. The van der Waals surface area contributed by atoms with Gasteiger partial charge >= 0.3 is 12.4 Å². The Morgan fingerprint density at radius 3 is 1.29 bits per heavy atom. The van der Waals surface area contributed by atoms with Crippen molar-refractivity contribution < 1.29 is 94.8 Å². The molecular formula is C15H20EuF6O4P2. The molecule has 0 atom stereocenters. The molecule has 0 heterocycles. The van der Waals surface area contributed by atoms with Crippen LogP contribution in [-0.4, -0.2) is 34.6 Å². The number of aliphatic hydroxyl groups is 1. The van der Waals surface area contributed by atoms with Crippen LogP contribution in [0.5, 0.6) is 0 Å². The van der Waals surface area contributed by atoms with Gasteiger partial charge in [-0.15, -0.1) is 0 Å². The summed E-state index contributed by atoms with van der Waals surface area (Å²) in [4.78, 5) is 9.86. The smallest absolute Gasteiger partial charge is 0.454 e. The molecule has 4 nitrogen and oxygen atoms in total. The largest absolute Gasteiger partial charge is 0.504 e. The third kappa shape index (κ3) is 14.5. The van der Waals surface area contributed by atoms with Crippen LogP contribution in [0.2, 0.25) is 0 Å². The Bertz CT molecular complexity index is 494. The number of allylic oxidation sites excluding steroid dienone is 2. The van der Waals surface area contributed by atoms with Gasteiger partial charge in [-0.2, -0.15) is 26.3 Å². The van der Waals surface area contributed by atoms with Gasteiger partial charge in [0.15, 0.2) is 16.9 Å². The van der Waals surface area contributed by atoms with Gasteiger partial charge in [-0.1, -0.05) is 25.7 Å². The number of aliphatic hydroxyl groups excluding tert-OH is 1. The zero-order valence-corrected chi connectivity index (χ0v) is 18.8. The molecule has 1 radical (unpaired) electrons. The van der Waals surface area contributed by atoms with E-state index in [2.05, 4.69) is 0 Å². The summed E-state index contributed by atoms with van der Waals surface area (Å²) in [5.74, 6) is -5.34. The third-order valence-corrected chi connectivity index (χ3v) is 5.41. The molecule has 0 bridgehead atoms. The molecule has 2 fully saturated rings. The van der Waals surface area contributed by atoms with Crippen LogP contribution in [0.3, 0.4) is 0 Å². The standard InChI is InChI=1S/C5H2F6O2.2C5H9OP.Eu/c6-4(7,8)2(12)1-3(13)5(9,10)11;2*6-7-5-3-1-2-4-5;/h1,12H;2*5H,1-4H2;/b2-1-;;;. The molecule has 0 aliphatic heterocycles. The van der Waals surface area contributed by atoms with Crippen LogP contribution < -0.4 is 0 Å². The van der Waals surface area contributed by atoms with Crippen LogP contribution in [-0.2, 0) is 13.9 Å². The van der Waals surface area contributed by atoms with Crippen LogP contribution in [0.4, 0.5) is 26.3 Å². The van der Waals surface area contributed by atoms with Crippen molar-refractivity contribution in [3.8, 4) is 0 Å².